The Labute approximate surface area is 114 Å². The standard InChI is InChI=1S/C12H24N4O3/c1-12(2,3)8-13-10(17)16(6)9(15(4)5)14-11(18)19-7/h8H2,1-7H3,(H,13,17)/b14-9-. The Morgan fingerprint density at radius 1 is 1.21 bits per heavy atom. The van der Waals surface area contributed by atoms with Gasteiger partial charge in [0.15, 0.2) is 0 Å². The third-order valence-corrected chi connectivity index (χ3v) is 2.14. The van der Waals surface area contributed by atoms with Gasteiger partial charge in [-0.15, -0.1) is 4.99 Å². The van der Waals surface area contributed by atoms with Gasteiger partial charge in [-0.05, 0) is 5.41 Å². The zero-order valence-corrected chi connectivity index (χ0v) is 12.8. The molecule has 1 N–H and O–H groups in total. The quantitative estimate of drug-likeness (QED) is 0.577. The van der Waals surface area contributed by atoms with Crippen LogP contribution < -0.4 is 5.32 Å². The van der Waals surface area contributed by atoms with Crippen molar-refractivity contribution in [2.75, 3.05) is 34.8 Å². The molecule has 0 aromatic carbocycles. The molecule has 0 fully saturated rings. The van der Waals surface area contributed by atoms with Gasteiger partial charge in [-0.1, -0.05) is 20.8 Å². The number of carbonyl (C=O) groups excluding carboxylic acids is 2. The van der Waals surface area contributed by atoms with Crippen molar-refractivity contribution < 1.29 is 14.3 Å². The third kappa shape index (κ3) is 6.64. The number of aliphatic imine (C=N–C) groups is 1. The van der Waals surface area contributed by atoms with Crippen LogP contribution in [0.5, 0.6) is 0 Å². The number of nitrogens with one attached hydrogen (secondary N) is 1. The van der Waals surface area contributed by atoms with Crippen LogP contribution in [0.15, 0.2) is 4.99 Å². The highest BCUT2D eigenvalue weighted by Crippen LogP contribution is 2.10. The Hall–Kier alpha value is -1.79. The van der Waals surface area contributed by atoms with E-state index in [-0.39, 0.29) is 17.4 Å². The summed E-state index contributed by atoms with van der Waals surface area (Å²) in [6.07, 6.45) is -0.751. The molecule has 19 heavy (non-hydrogen) atoms. The van der Waals surface area contributed by atoms with Gasteiger partial charge in [-0.2, -0.15) is 0 Å². The molecule has 110 valence electrons. The number of urea groups is 1. The molecule has 0 radical (unpaired) electrons. The van der Waals surface area contributed by atoms with Gasteiger partial charge in [0.05, 0.1) is 7.11 Å². The second kappa shape index (κ2) is 6.96. The second-order valence-electron chi connectivity index (χ2n) is 5.55. The number of ether oxygens (including phenoxy) is 1. The fraction of sp³-hybridized carbons (Fsp3) is 0.750. The van der Waals surface area contributed by atoms with E-state index < -0.39 is 6.09 Å². The first kappa shape index (κ1) is 17.2. The summed E-state index contributed by atoms with van der Waals surface area (Å²) in [4.78, 5) is 29.7. The van der Waals surface area contributed by atoms with E-state index in [9.17, 15) is 9.59 Å². The fourth-order valence-electron chi connectivity index (χ4n) is 1.15. The minimum absolute atomic E-state index is 0.0196. The van der Waals surface area contributed by atoms with Gasteiger partial charge in [-0.25, -0.2) is 9.59 Å². The average molecular weight is 272 g/mol. The lowest BCUT2D eigenvalue weighted by Gasteiger charge is -2.26. The summed E-state index contributed by atoms with van der Waals surface area (Å²) in [6.45, 7) is 6.57. The molecule has 0 aliphatic carbocycles. The third-order valence-electron chi connectivity index (χ3n) is 2.14. The molecule has 0 aromatic heterocycles. The molecule has 0 atom stereocenters. The zero-order valence-electron chi connectivity index (χ0n) is 12.8. The molecule has 3 amide bonds. The topological polar surface area (TPSA) is 74.2 Å². The Balaban J connectivity index is 4.82. The van der Waals surface area contributed by atoms with Crippen LogP contribution in [0.4, 0.5) is 9.59 Å². The van der Waals surface area contributed by atoms with Crippen molar-refractivity contribution in [3.63, 3.8) is 0 Å². The van der Waals surface area contributed by atoms with Gasteiger partial charge >= 0.3 is 12.1 Å². The molecule has 0 bridgehead atoms. The van der Waals surface area contributed by atoms with E-state index in [1.165, 1.54) is 12.0 Å². The summed E-state index contributed by atoms with van der Waals surface area (Å²) >= 11 is 0. The zero-order chi connectivity index (χ0) is 15.2. The summed E-state index contributed by atoms with van der Waals surface area (Å²) < 4.78 is 4.46. The van der Waals surface area contributed by atoms with Crippen molar-refractivity contribution in [1.29, 1.82) is 0 Å². The van der Waals surface area contributed by atoms with Crippen molar-refractivity contribution >= 4 is 18.1 Å². The lowest BCUT2D eigenvalue weighted by molar-refractivity contribution is 0.181. The van der Waals surface area contributed by atoms with E-state index in [1.54, 1.807) is 26.0 Å². The molecule has 0 aliphatic rings. The Morgan fingerprint density at radius 3 is 2.11 bits per heavy atom. The highest BCUT2D eigenvalue weighted by Gasteiger charge is 2.20. The first-order valence-electron chi connectivity index (χ1n) is 5.94. The number of hydrogen-bond acceptors (Lipinski definition) is 3. The molecular weight excluding hydrogens is 248 g/mol. The van der Waals surface area contributed by atoms with Crippen molar-refractivity contribution in [1.82, 2.24) is 15.1 Å². The maximum Gasteiger partial charge on any atom is 0.436 e. The lowest BCUT2D eigenvalue weighted by Crippen LogP contribution is -2.48. The molecule has 0 aromatic rings. The first-order valence-corrected chi connectivity index (χ1v) is 5.94. The highest BCUT2D eigenvalue weighted by molar-refractivity contribution is 5.99. The van der Waals surface area contributed by atoms with E-state index in [2.05, 4.69) is 15.0 Å². The van der Waals surface area contributed by atoms with Crippen LogP contribution in [0.2, 0.25) is 0 Å². The molecule has 0 aliphatic heterocycles. The van der Waals surface area contributed by atoms with Gasteiger partial charge in [0.25, 0.3) is 0 Å². The number of guanidine groups is 1. The summed E-state index contributed by atoms with van der Waals surface area (Å²) in [7, 11) is 6.16. The minimum Gasteiger partial charge on any atom is -0.451 e. The number of rotatable bonds is 1. The number of hydrogen-bond donors (Lipinski definition) is 1. The second-order valence-corrected chi connectivity index (χ2v) is 5.55. The van der Waals surface area contributed by atoms with Crippen LogP contribution >= 0.6 is 0 Å². The van der Waals surface area contributed by atoms with Crippen molar-refractivity contribution in [3.05, 3.63) is 0 Å². The maximum atomic E-state index is 12.0. The van der Waals surface area contributed by atoms with Gasteiger partial charge < -0.3 is 15.0 Å². The van der Waals surface area contributed by atoms with E-state index in [0.29, 0.717) is 6.54 Å². The van der Waals surface area contributed by atoms with Gasteiger partial charge in [-0.3, -0.25) is 4.90 Å². The first-order chi connectivity index (χ1) is 8.58. The SMILES string of the molecule is COC(=O)/N=C(/N(C)C)N(C)C(=O)NCC(C)(C)C. The summed E-state index contributed by atoms with van der Waals surface area (Å²) in [6, 6.07) is -0.328. The molecule has 0 saturated heterocycles. The minimum atomic E-state index is -0.751. The highest BCUT2D eigenvalue weighted by atomic mass is 16.5. The molecule has 0 saturated carbocycles. The largest absolute Gasteiger partial charge is 0.451 e. The molecular formula is C12H24N4O3. The van der Waals surface area contributed by atoms with Crippen molar-refractivity contribution in [3.8, 4) is 0 Å². The Kier molecular flexibility index (Phi) is 6.31. The van der Waals surface area contributed by atoms with Gasteiger partial charge in [0.1, 0.15) is 0 Å². The number of nitrogens with zero attached hydrogens (tertiary/aromatic N) is 3. The van der Waals surface area contributed by atoms with E-state index >= 15 is 0 Å². The normalized spacial score (nSPS) is 11.8. The predicted octanol–water partition coefficient (Wildman–Crippen LogP) is 1.36. The van der Waals surface area contributed by atoms with Crippen LogP contribution in [0, 0.1) is 5.41 Å². The van der Waals surface area contributed by atoms with Crippen LogP contribution in [0.25, 0.3) is 0 Å². The van der Waals surface area contributed by atoms with Crippen LogP contribution in [-0.4, -0.2) is 62.7 Å². The fourth-order valence-corrected chi connectivity index (χ4v) is 1.15. The van der Waals surface area contributed by atoms with E-state index in [0.717, 1.165) is 0 Å². The molecule has 0 unspecified atom stereocenters. The van der Waals surface area contributed by atoms with Gasteiger partial charge in [0, 0.05) is 27.7 Å². The molecule has 0 heterocycles. The van der Waals surface area contributed by atoms with Crippen LogP contribution in [-0.2, 0) is 4.74 Å². The number of amides is 3. The summed E-state index contributed by atoms with van der Waals surface area (Å²) in [5.41, 5.74) is -0.0196. The molecule has 0 spiro atoms. The molecule has 7 heteroatoms. The van der Waals surface area contributed by atoms with Crippen molar-refractivity contribution in [2.24, 2.45) is 10.4 Å². The monoisotopic (exact) mass is 272 g/mol. The Bertz CT molecular complexity index is 358. The summed E-state index contributed by atoms with van der Waals surface area (Å²) in [5.74, 6) is 0.207. The Morgan fingerprint density at radius 2 is 1.74 bits per heavy atom. The van der Waals surface area contributed by atoms with Crippen molar-refractivity contribution in [2.45, 2.75) is 20.8 Å². The van der Waals surface area contributed by atoms with Crippen LogP contribution in [0.1, 0.15) is 20.8 Å². The lowest BCUT2D eigenvalue weighted by atomic mass is 9.97. The van der Waals surface area contributed by atoms with E-state index in [4.69, 9.17) is 0 Å². The number of carbonyl (C=O) groups is 2. The maximum absolute atomic E-state index is 12.0. The molecule has 0 rings (SSSR count). The number of methoxy groups -OCH3 is 1. The summed E-state index contributed by atoms with van der Waals surface area (Å²) in [5, 5.41) is 2.78. The average Bonchev–Trinajstić information content (AvgIpc) is 2.30. The smallest absolute Gasteiger partial charge is 0.436 e. The predicted molar refractivity (Wildman–Crippen MR) is 74.1 cm³/mol. The molecule has 7 nitrogen and oxygen atoms in total. The van der Waals surface area contributed by atoms with Gasteiger partial charge in [0.2, 0.25) is 5.96 Å². The van der Waals surface area contributed by atoms with E-state index in [1.807, 2.05) is 20.8 Å². The van der Waals surface area contributed by atoms with Crippen LogP contribution in [0.3, 0.4) is 0 Å².